The maximum Gasteiger partial charge on any atom is 0.305 e. The number of amides is 2. The molecule has 1 atom stereocenters. The number of hydrogen-bond acceptors (Lipinski definition) is 4. The van der Waals surface area contributed by atoms with Crippen LogP contribution in [0.2, 0.25) is 0 Å². The molecule has 108 valence electrons. The highest BCUT2D eigenvalue weighted by Gasteiger charge is 2.26. The second-order valence-electron chi connectivity index (χ2n) is 4.62. The summed E-state index contributed by atoms with van der Waals surface area (Å²) in [5.41, 5.74) is 5.57. The van der Waals surface area contributed by atoms with E-state index in [0.29, 0.717) is 39.0 Å². The van der Waals surface area contributed by atoms with Gasteiger partial charge in [-0.15, -0.1) is 0 Å². The predicted octanol–water partition coefficient (Wildman–Crippen LogP) is -0.741. The summed E-state index contributed by atoms with van der Waals surface area (Å²) in [5, 5.41) is 8.63. The molecule has 1 unspecified atom stereocenters. The third kappa shape index (κ3) is 4.51. The third-order valence-electron chi connectivity index (χ3n) is 3.17. The van der Waals surface area contributed by atoms with Gasteiger partial charge in [-0.1, -0.05) is 6.92 Å². The molecule has 19 heavy (non-hydrogen) atoms. The number of carbonyl (C=O) groups excluding carboxylic acids is 2. The molecule has 3 N–H and O–H groups in total. The van der Waals surface area contributed by atoms with Crippen molar-refractivity contribution in [3.8, 4) is 0 Å². The first kappa shape index (κ1) is 15.4. The Bertz CT molecular complexity index is 359. The van der Waals surface area contributed by atoms with Crippen LogP contribution in [0.4, 0.5) is 0 Å². The first-order valence-electron chi connectivity index (χ1n) is 6.49. The number of rotatable bonds is 4. The quantitative estimate of drug-likeness (QED) is 0.701. The van der Waals surface area contributed by atoms with Crippen LogP contribution < -0.4 is 5.73 Å². The first-order valence-corrected chi connectivity index (χ1v) is 6.49. The van der Waals surface area contributed by atoms with Gasteiger partial charge in [0, 0.05) is 32.6 Å². The summed E-state index contributed by atoms with van der Waals surface area (Å²) in [6, 6.07) is -1.01. The molecule has 1 saturated heterocycles. The second kappa shape index (κ2) is 7.08. The summed E-state index contributed by atoms with van der Waals surface area (Å²) >= 11 is 0. The largest absolute Gasteiger partial charge is 0.481 e. The topological polar surface area (TPSA) is 104 Å². The van der Waals surface area contributed by atoms with Gasteiger partial charge in [-0.05, 0) is 6.42 Å². The zero-order valence-electron chi connectivity index (χ0n) is 11.2. The summed E-state index contributed by atoms with van der Waals surface area (Å²) in [6.07, 6.45) is 0.774. The standard InChI is InChI=1S/C12H21N3O4/c1-2-10(16)14-4-3-5-15(7-6-14)12(19)9(13)8-11(17)18/h9H,2-8,13H2,1H3,(H,17,18). The number of hydrogen-bond donors (Lipinski definition) is 2. The molecule has 1 aliphatic heterocycles. The van der Waals surface area contributed by atoms with Crippen LogP contribution in [0.5, 0.6) is 0 Å². The summed E-state index contributed by atoms with van der Waals surface area (Å²) in [4.78, 5) is 37.4. The third-order valence-corrected chi connectivity index (χ3v) is 3.17. The fourth-order valence-electron chi connectivity index (χ4n) is 2.12. The smallest absolute Gasteiger partial charge is 0.305 e. The Balaban J connectivity index is 2.54. The minimum absolute atomic E-state index is 0.0733. The molecule has 2 amide bonds. The van der Waals surface area contributed by atoms with Crippen LogP contribution in [-0.2, 0) is 14.4 Å². The van der Waals surface area contributed by atoms with Crippen molar-refractivity contribution in [1.29, 1.82) is 0 Å². The van der Waals surface area contributed by atoms with Crippen molar-refractivity contribution in [1.82, 2.24) is 9.80 Å². The van der Waals surface area contributed by atoms with Gasteiger partial charge in [0.15, 0.2) is 0 Å². The van der Waals surface area contributed by atoms with E-state index < -0.39 is 12.0 Å². The van der Waals surface area contributed by atoms with Crippen LogP contribution in [0.1, 0.15) is 26.2 Å². The molecular weight excluding hydrogens is 250 g/mol. The van der Waals surface area contributed by atoms with Crippen molar-refractivity contribution in [2.24, 2.45) is 5.73 Å². The van der Waals surface area contributed by atoms with Gasteiger partial charge in [0.05, 0.1) is 12.5 Å². The Morgan fingerprint density at radius 1 is 1.16 bits per heavy atom. The lowest BCUT2D eigenvalue weighted by atomic mass is 10.2. The van der Waals surface area contributed by atoms with Gasteiger partial charge < -0.3 is 20.6 Å². The molecule has 1 aliphatic rings. The average Bonchev–Trinajstić information content (AvgIpc) is 2.61. The summed E-state index contributed by atoms with van der Waals surface area (Å²) < 4.78 is 0. The van der Waals surface area contributed by atoms with Crippen LogP contribution in [0.3, 0.4) is 0 Å². The van der Waals surface area contributed by atoms with Crippen LogP contribution in [0.25, 0.3) is 0 Å². The molecule has 0 radical (unpaired) electrons. The summed E-state index contributed by atoms with van der Waals surface area (Å²) in [7, 11) is 0. The predicted molar refractivity (Wildman–Crippen MR) is 68.3 cm³/mol. The molecule has 1 rings (SSSR count). The Kier molecular flexibility index (Phi) is 5.75. The highest BCUT2D eigenvalue weighted by atomic mass is 16.4. The van der Waals surface area contributed by atoms with E-state index in [0.717, 1.165) is 0 Å². The minimum Gasteiger partial charge on any atom is -0.481 e. The summed E-state index contributed by atoms with van der Waals surface area (Å²) in [5.74, 6) is -1.37. The molecule has 0 saturated carbocycles. The fraction of sp³-hybridized carbons (Fsp3) is 0.750. The Morgan fingerprint density at radius 3 is 2.32 bits per heavy atom. The van der Waals surface area contributed by atoms with E-state index in [2.05, 4.69) is 0 Å². The maximum absolute atomic E-state index is 12.0. The molecule has 0 spiro atoms. The molecular formula is C12H21N3O4. The van der Waals surface area contributed by atoms with Crippen LogP contribution in [0, 0.1) is 0 Å². The van der Waals surface area contributed by atoms with E-state index in [1.807, 2.05) is 0 Å². The second-order valence-corrected chi connectivity index (χ2v) is 4.62. The Morgan fingerprint density at radius 2 is 1.74 bits per heavy atom. The minimum atomic E-state index is -1.08. The Hall–Kier alpha value is -1.63. The lowest BCUT2D eigenvalue weighted by molar-refractivity contribution is -0.142. The van der Waals surface area contributed by atoms with Gasteiger partial charge in [0.2, 0.25) is 11.8 Å². The van der Waals surface area contributed by atoms with Gasteiger partial charge >= 0.3 is 5.97 Å². The van der Waals surface area contributed by atoms with Crippen molar-refractivity contribution in [3.05, 3.63) is 0 Å². The molecule has 0 aromatic heterocycles. The molecule has 0 aromatic rings. The highest BCUT2D eigenvalue weighted by molar-refractivity contribution is 5.86. The van der Waals surface area contributed by atoms with Crippen LogP contribution in [-0.4, -0.2) is 64.9 Å². The highest BCUT2D eigenvalue weighted by Crippen LogP contribution is 2.07. The van der Waals surface area contributed by atoms with E-state index >= 15 is 0 Å². The fourth-order valence-corrected chi connectivity index (χ4v) is 2.12. The molecule has 1 heterocycles. The summed E-state index contributed by atoms with van der Waals surface area (Å²) in [6.45, 7) is 3.85. The van der Waals surface area contributed by atoms with Crippen molar-refractivity contribution in [2.45, 2.75) is 32.2 Å². The van der Waals surface area contributed by atoms with E-state index in [1.165, 1.54) is 0 Å². The lowest BCUT2D eigenvalue weighted by Crippen LogP contribution is -2.46. The first-order chi connectivity index (χ1) is 8.95. The van der Waals surface area contributed by atoms with E-state index in [1.54, 1.807) is 16.7 Å². The number of nitrogens with zero attached hydrogens (tertiary/aromatic N) is 2. The van der Waals surface area contributed by atoms with Crippen LogP contribution >= 0.6 is 0 Å². The molecule has 7 heteroatoms. The van der Waals surface area contributed by atoms with Crippen molar-refractivity contribution in [3.63, 3.8) is 0 Å². The van der Waals surface area contributed by atoms with Crippen molar-refractivity contribution >= 4 is 17.8 Å². The average molecular weight is 271 g/mol. The molecule has 0 bridgehead atoms. The molecule has 0 aliphatic carbocycles. The van der Waals surface area contributed by atoms with Gasteiger partial charge in [-0.3, -0.25) is 14.4 Å². The zero-order valence-corrected chi connectivity index (χ0v) is 11.2. The molecule has 7 nitrogen and oxygen atoms in total. The van der Waals surface area contributed by atoms with Gasteiger partial charge in [-0.2, -0.15) is 0 Å². The normalized spacial score (nSPS) is 17.8. The maximum atomic E-state index is 12.0. The van der Waals surface area contributed by atoms with Gasteiger partial charge in [0.1, 0.15) is 0 Å². The van der Waals surface area contributed by atoms with Crippen molar-refractivity contribution in [2.75, 3.05) is 26.2 Å². The number of aliphatic carboxylic acids is 1. The van der Waals surface area contributed by atoms with E-state index in [9.17, 15) is 14.4 Å². The monoisotopic (exact) mass is 271 g/mol. The SMILES string of the molecule is CCC(=O)N1CCCN(C(=O)C(N)CC(=O)O)CC1. The number of carbonyl (C=O) groups is 3. The molecule has 1 fully saturated rings. The lowest BCUT2D eigenvalue weighted by Gasteiger charge is -2.24. The van der Waals surface area contributed by atoms with E-state index in [4.69, 9.17) is 10.8 Å². The van der Waals surface area contributed by atoms with Gasteiger partial charge in [0.25, 0.3) is 0 Å². The Labute approximate surface area is 112 Å². The molecule has 0 aromatic carbocycles. The van der Waals surface area contributed by atoms with Crippen LogP contribution in [0.15, 0.2) is 0 Å². The zero-order chi connectivity index (χ0) is 14.4. The van der Waals surface area contributed by atoms with Gasteiger partial charge in [-0.25, -0.2) is 0 Å². The van der Waals surface area contributed by atoms with Crippen molar-refractivity contribution < 1.29 is 19.5 Å². The number of carboxylic acids is 1. The van der Waals surface area contributed by atoms with E-state index in [-0.39, 0.29) is 18.2 Å². The number of carboxylic acid groups (broad SMARTS) is 1. The number of nitrogens with two attached hydrogens (primary N) is 1.